The highest BCUT2D eigenvalue weighted by molar-refractivity contribution is 5.77. The lowest BCUT2D eigenvalue weighted by molar-refractivity contribution is 0.640. The van der Waals surface area contributed by atoms with Crippen molar-refractivity contribution in [2.75, 3.05) is 36.0 Å². The first-order valence-electron chi connectivity index (χ1n) is 10.2. The quantitative estimate of drug-likeness (QED) is 0.551. The minimum absolute atomic E-state index is 0.0625. The molecule has 0 unspecified atom stereocenters. The number of rotatable bonds is 5. The molecular formula is C22H23N7O. The van der Waals surface area contributed by atoms with Crippen LogP contribution in [-0.2, 0) is 13.0 Å². The van der Waals surface area contributed by atoms with Crippen molar-refractivity contribution in [1.29, 1.82) is 0 Å². The van der Waals surface area contributed by atoms with Crippen molar-refractivity contribution in [2.45, 2.75) is 13.0 Å². The second-order valence-corrected chi connectivity index (χ2v) is 7.42. The van der Waals surface area contributed by atoms with Crippen LogP contribution in [0.3, 0.4) is 0 Å². The highest BCUT2D eigenvalue weighted by atomic mass is 16.1. The largest absolute Gasteiger partial charge is 0.368 e. The molecule has 3 aromatic heterocycles. The van der Waals surface area contributed by atoms with Crippen LogP contribution in [0.25, 0.3) is 10.9 Å². The van der Waals surface area contributed by atoms with Crippen LogP contribution in [0.15, 0.2) is 66.1 Å². The summed E-state index contributed by atoms with van der Waals surface area (Å²) in [6, 6.07) is 12.3. The predicted octanol–water partition coefficient (Wildman–Crippen LogP) is 2.08. The molecule has 0 amide bonds. The molecule has 0 spiro atoms. The number of aryl methyl sites for hydroxylation is 2. The molecule has 0 bridgehead atoms. The number of benzene rings is 1. The third-order valence-corrected chi connectivity index (χ3v) is 5.57. The van der Waals surface area contributed by atoms with E-state index in [4.69, 9.17) is 0 Å². The average molecular weight is 401 g/mol. The van der Waals surface area contributed by atoms with E-state index < -0.39 is 0 Å². The van der Waals surface area contributed by atoms with Crippen molar-refractivity contribution >= 4 is 22.5 Å². The molecule has 5 rings (SSSR count). The molecule has 8 heteroatoms. The number of hydrogen-bond donors (Lipinski definition) is 1. The number of H-pyrrole nitrogens is 1. The molecule has 0 radical (unpaired) electrons. The monoisotopic (exact) mass is 401 g/mol. The maximum atomic E-state index is 12.8. The van der Waals surface area contributed by atoms with Crippen LogP contribution in [-0.4, -0.2) is 50.7 Å². The van der Waals surface area contributed by atoms with E-state index in [1.54, 1.807) is 23.3 Å². The van der Waals surface area contributed by atoms with Crippen LogP contribution < -0.4 is 15.4 Å². The molecule has 30 heavy (non-hydrogen) atoms. The van der Waals surface area contributed by atoms with Crippen LogP contribution in [0.4, 0.5) is 11.6 Å². The molecule has 1 aliphatic heterocycles. The highest BCUT2D eigenvalue weighted by Crippen LogP contribution is 2.19. The molecular weight excluding hydrogens is 378 g/mol. The van der Waals surface area contributed by atoms with Crippen molar-refractivity contribution in [1.82, 2.24) is 24.5 Å². The number of anilines is 2. The van der Waals surface area contributed by atoms with Gasteiger partial charge in [-0.05, 0) is 18.2 Å². The molecule has 152 valence electrons. The van der Waals surface area contributed by atoms with Crippen LogP contribution in [0.5, 0.6) is 0 Å². The third-order valence-electron chi connectivity index (χ3n) is 5.57. The molecule has 1 N–H and O–H groups in total. The van der Waals surface area contributed by atoms with E-state index in [0.717, 1.165) is 38.3 Å². The molecule has 1 fully saturated rings. The second kappa shape index (κ2) is 7.98. The summed E-state index contributed by atoms with van der Waals surface area (Å²) in [5.41, 5.74) is 2.87. The summed E-state index contributed by atoms with van der Waals surface area (Å²) in [4.78, 5) is 33.6. The fourth-order valence-electron chi connectivity index (χ4n) is 3.85. The van der Waals surface area contributed by atoms with Crippen LogP contribution in [0.2, 0.25) is 0 Å². The average Bonchev–Trinajstić information content (AvgIpc) is 3.33. The number of aromatic amines is 1. The van der Waals surface area contributed by atoms with Gasteiger partial charge in [0, 0.05) is 69.1 Å². The zero-order valence-electron chi connectivity index (χ0n) is 16.6. The summed E-state index contributed by atoms with van der Waals surface area (Å²) in [7, 11) is 0. The first-order chi connectivity index (χ1) is 14.8. The molecule has 4 heterocycles. The van der Waals surface area contributed by atoms with Crippen molar-refractivity contribution in [3.05, 3.63) is 77.4 Å². The Morgan fingerprint density at radius 2 is 1.77 bits per heavy atom. The molecule has 1 aromatic carbocycles. The summed E-state index contributed by atoms with van der Waals surface area (Å²) in [6.07, 6.45) is 7.62. The van der Waals surface area contributed by atoms with Gasteiger partial charge < -0.3 is 19.4 Å². The normalized spacial score (nSPS) is 14.4. The molecule has 0 atom stereocenters. The van der Waals surface area contributed by atoms with Gasteiger partial charge in [0.05, 0.1) is 17.2 Å². The summed E-state index contributed by atoms with van der Waals surface area (Å²) < 4.78 is 1.70. The Balaban J connectivity index is 1.30. The molecule has 8 nitrogen and oxygen atoms in total. The SMILES string of the molecule is O=c1c2cnc(N3CCN(c4ccccc4)CC3)nc2ccn1CCc1cnc[nH]1. The first kappa shape index (κ1) is 18.4. The number of hydrogen-bond acceptors (Lipinski definition) is 6. The molecule has 0 saturated carbocycles. The van der Waals surface area contributed by atoms with Gasteiger partial charge in [0.1, 0.15) is 0 Å². The summed E-state index contributed by atoms with van der Waals surface area (Å²) in [6.45, 7) is 4.12. The van der Waals surface area contributed by atoms with Gasteiger partial charge in [-0.2, -0.15) is 0 Å². The number of fused-ring (bicyclic) bond motifs is 1. The van der Waals surface area contributed by atoms with Gasteiger partial charge in [0.25, 0.3) is 5.56 Å². The third kappa shape index (κ3) is 3.63. The van der Waals surface area contributed by atoms with Gasteiger partial charge >= 0.3 is 0 Å². The molecule has 0 aliphatic carbocycles. The van der Waals surface area contributed by atoms with Crippen molar-refractivity contribution in [2.24, 2.45) is 0 Å². The van der Waals surface area contributed by atoms with Crippen molar-refractivity contribution in [3.63, 3.8) is 0 Å². The van der Waals surface area contributed by atoms with Gasteiger partial charge in [-0.1, -0.05) is 18.2 Å². The number of pyridine rings is 1. The highest BCUT2D eigenvalue weighted by Gasteiger charge is 2.19. The fourth-order valence-corrected chi connectivity index (χ4v) is 3.85. The van der Waals surface area contributed by atoms with Gasteiger partial charge in [-0.3, -0.25) is 4.79 Å². The smallest absolute Gasteiger partial charge is 0.261 e. The van der Waals surface area contributed by atoms with Crippen LogP contribution in [0, 0.1) is 0 Å². The number of nitrogens with one attached hydrogen (secondary N) is 1. The predicted molar refractivity (Wildman–Crippen MR) is 117 cm³/mol. The zero-order chi connectivity index (χ0) is 20.3. The first-order valence-corrected chi connectivity index (χ1v) is 10.2. The minimum Gasteiger partial charge on any atom is -0.368 e. The zero-order valence-corrected chi connectivity index (χ0v) is 16.6. The standard InChI is InChI=1S/C22H23N7O/c30-21-19-15-24-22(29-12-10-27(11-13-29)18-4-2-1-3-5-18)26-20(19)7-9-28(21)8-6-17-14-23-16-25-17/h1-5,7,9,14-16H,6,8,10-13H2,(H,23,25). The summed E-state index contributed by atoms with van der Waals surface area (Å²) in [5, 5.41) is 0.550. The maximum Gasteiger partial charge on any atom is 0.261 e. The number of para-hydroxylation sites is 1. The molecule has 4 aromatic rings. The summed E-state index contributed by atoms with van der Waals surface area (Å²) >= 11 is 0. The lowest BCUT2D eigenvalue weighted by atomic mass is 10.2. The van der Waals surface area contributed by atoms with Gasteiger partial charge in [-0.15, -0.1) is 0 Å². The second-order valence-electron chi connectivity index (χ2n) is 7.42. The van der Waals surface area contributed by atoms with Gasteiger partial charge in [0.15, 0.2) is 0 Å². The van der Waals surface area contributed by atoms with E-state index in [9.17, 15) is 4.79 Å². The number of imidazole rings is 1. The Labute approximate surface area is 173 Å². The Morgan fingerprint density at radius 3 is 2.53 bits per heavy atom. The van der Waals surface area contributed by atoms with E-state index in [1.165, 1.54) is 5.69 Å². The van der Waals surface area contributed by atoms with Gasteiger partial charge in [-0.25, -0.2) is 15.0 Å². The lowest BCUT2D eigenvalue weighted by Crippen LogP contribution is -2.47. The van der Waals surface area contributed by atoms with E-state index >= 15 is 0 Å². The number of nitrogens with zero attached hydrogens (tertiary/aromatic N) is 6. The van der Waals surface area contributed by atoms with E-state index in [0.29, 0.717) is 23.4 Å². The van der Waals surface area contributed by atoms with Crippen LogP contribution in [0.1, 0.15) is 5.69 Å². The van der Waals surface area contributed by atoms with E-state index in [2.05, 4.69) is 54.0 Å². The lowest BCUT2D eigenvalue weighted by Gasteiger charge is -2.36. The van der Waals surface area contributed by atoms with Gasteiger partial charge in [0.2, 0.25) is 5.95 Å². The fraction of sp³-hybridized carbons (Fsp3) is 0.273. The Kier molecular flexibility index (Phi) is 4.88. The number of aromatic nitrogens is 5. The van der Waals surface area contributed by atoms with E-state index in [1.807, 2.05) is 18.3 Å². The van der Waals surface area contributed by atoms with Crippen molar-refractivity contribution in [3.8, 4) is 0 Å². The Bertz CT molecular complexity index is 1180. The minimum atomic E-state index is -0.0625. The van der Waals surface area contributed by atoms with Crippen LogP contribution >= 0.6 is 0 Å². The van der Waals surface area contributed by atoms with E-state index in [-0.39, 0.29) is 5.56 Å². The summed E-state index contributed by atoms with van der Waals surface area (Å²) in [5.74, 6) is 0.685. The maximum absolute atomic E-state index is 12.8. The molecule has 1 saturated heterocycles. The molecule has 1 aliphatic rings. The number of piperazine rings is 1. The Morgan fingerprint density at radius 1 is 0.967 bits per heavy atom. The van der Waals surface area contributed by atoms with Crippen molar-refractivity contribution < 1.29 is 0 Å². The Hall–Kier alpha value is -3.68. The topological polar surface area (TPSA) is 82.9 Å².